The summed E-state index contributed by atoms with van der Waals surface area (Å²) in [6, 6.07) is 0.351. The van der Waals surface area contributed by atoms with E-state index < -0.39 is 32.7 Å². The number of aromatic nitrogens is 2. The fourth-order valence-corrected chi connectivity index (χ4v) is 4.13. The van der Waals surface area contributed by atoms with E-state index in [0.29, 0.717) is 11.4 Å². The molecule has 1 aliphatic rings. The largest absolute Gasteiger partial charge is 0.524 e. The molecule has 0 aliphatic heterocycles. The van der Waals surface area contributed by atoms with Crippen molar-refractivity contribution in [3.05, 3.63) is 41.8 Å². The van der Waals surface area contributed by atoms with E-state index in [2.05, 4.69) is 20.0 Å². The number of alkyl halides is 4. The number of ether oxygens (including phenoxy) is 1. The molecule has 0 bridgehead atoms. The van der Waals surface area contributed by atoms with Crippen LogP contribution in [0.2, 0.25) is 0 Å². The lowest BCUT2D eigenvalue weighted by molar-refractivity contribution is -0.343. The standard InChI is InChI=1S/C14H14ClF3N4O4S/c1-8-7-9(2)20-11(19-8)21-12(23)22-27(24,25)10-5-3-4-6-13(10,15)26-14(16,17)18/h3-7,10H,1-2H3,(H2,19,20,21,22,23). The second-order valence-corrected chi connectivity index (χ2v) is 7.88. The Balaban J connectivity index is 2.19. The molecule has 0 aromatic carbocycles. The van der Waals surface area contributed by atoms with E-state index in [1.54, 1.807) is 24.6 Å². The van der Waals surface area contributed by atoms with Gasteiger partial charge in [0.15, 0.2) is 5.06 Å². The van der Waals surface area contributed by atoms with Crippen LogP contribution in [0.3, 0.4) is 0 Å². The minimum Gasteiger partial charge on any atom is -0.275 e. The summed E-state index contributed by atoms with van der Waals surface area (Å²) in [5.41, 5.74) is 1.03. The summed E-state index contributed by atoms with van der Waals surface area (Å²) in [7, 11) is -4.72. The number of halogens is 4. The van der Waals surface area contributed by atoms with Crippen molar-refractivity contribution in [2.75, 3.05) is 5.32 Å². The first-order valence-corrected chi connectivity index (χ1v) is 9.20. The number of nitrogens with one attached hydrogen (secondary N) is 2. The maximum Gasteiger partial charge on any atom is 0.524 e. The molecule has 0 fully saturated rings. The van der Waals surface area contributed by atoms with Crippen molar-refractivity contribution in [3.8, 4) is 0 Å². The number of sulfonamides is 1. The van der Waals surface area contributed by atoms with Gasteiger partial charge in [-0.1, -0.05) is 29.8 Å². The quantitative estimate of drug-likeness (QED) is 0.716. The highest BCUT2D eigenvalue weighted by atomic mass is 35.5. The second-order valence-electron chi connectivity index (χ2n) is 5.49. The van der Waals surface area contributed by atoms with Gasteiger partial charge < -0.3 is 0 Å². The van der Waals surface area contributed by atoms with Crippen LogP contribution in [0.15, 0.2) is 30.4 Å². The minimum atomic E-state index is -5.21. The smallest absolute Gasteiger partial charge is 0.275 e. The highest BCUT2D eigenvalue weighted by Crippen LogP contribution is 2.37. The Hall–Kier alpha value is -2.18. The van der Waals surface area contributed by atoms with Crippen molar-refractivity contribution in [1.82, 2.24) is 14.7 Å². The Labute approximate surface area is 157 Å². The lowest BCUT2D eigenvalue weighted by Gasteiger charge is -2.32. The molecule has 13 heteroatoms. The summed E-state index contributed by atoms with van der Waals surface area (Å²) in [5.74, 6) is -0.178. The summed E-state index contributed by atoms with van der Waals surface area (Å²) in [6.45, 7) is 3.26. The highest BCUT2D eigenvalue weighted by molar-refractivity contribution is 7.91. The fourth-order valence-electron chi connectivity index (χ4n) is 2.26. The van der Waals surface area contributed by atoms with E-state index in [1.165, 1.54) is 0 Å². The van der Waals surface area contributed by atoms with E-state index in [1.807, 2.05) is 0 Å². The van der Waals surface area contributed by atoms with Gasteiger partial charge in [-0.15, -0.1) is 13.2 Å². The highest BCUT2D eigenvalue weighted by Gasteiger charge is 2.51. The number of anilines is 1. The van der Waals surface area contributed by atoms with E-state index in [0.717, 1.165) is 24.3 Å². The van der Waals surface area contributed by atoms with Crippen LogP contribution in [0.1, 0.15) is 11.4 Å². The lowest BCUT2D eigenvalue weighted by Crippen LogP contribution is -2.51. The first-order valence-electron chi connectivity index (χ1n) is 7.27. The van der Waals surface area contributed by atoms with Gasteiger partial charge in [0, 0.05) is 11.4 Å². The van der Waals surface area contributed by atoms with Gasteiger partial charge in [-0.2, -0.15) is 0 Å². The third-order valence-electron chi connectivity index (χ3n) is 3.16. The van der Waals surface area contributed by atoms with Crippen LogP contribution in [0, 0.1) is 13.8 Å². The molecule has 0 spiro atoms. The topological polar surface area (TPSA) is 110 Å². The number of amides is 2. The van der Waals surface area contributed by atoms with Gasteiger partial charge in [0.2, 0.25) is 16.0 Å². The van der Waals surface area contributed by atoms with Crippen LogP contribution in [-0.4, -0.2) is 41.1 Å². The number of rotatable bonds is 4. The molecule has 27 heavy (non-hydrogen) atoms. The van der Waals surface area contributed by atoms with Crippen LogP contribution in [0.25, 0.3) is 0 Å². The van der Waals surface area contributed by atoms with Crippen molar-refractivity contribution < 1.29 is 31.1 Å². The molecule has 2 N–H and O–H groups in total. The van der Waals surface area contributed by atoms with Gasteiger partial charge in [0.05, 0.1) is 0 Å². The second kappa shape index (κ2) is 7.44. The third-order valence-corrected chi connectivity index (χ3v) is 5.37. The Bertz CT molecular complexity index is 884. The van der Waals surface area contributed by atoms with Crippen molar-refractivity contribution in [2.45, 2.75) is 30.5 Å². The maximum atomic E-state index is 12.6. The van der Waals surface area contributed by atoms with Crippen LogP contribution in [-0.2, 0) is 14.8 Å². The molecule has 1 aromatic rings. The number of aryl methyl sites for hydroxylation is 2. The summed E-state index contributed by atoms with van der Waals surface area (Å²) < 4.78 is 67.9. The van der Waals surface area contributed by atoms with Crippen molar-refractivity contribution in [2.24, 2.45) is 0 Å². The zero-order valence-electron chi connectivity index (χ0n) is 13.9. The number of hydrogen-bond donors (Lipinski definition) is 2. The Morgan fingerprint density at radius 2 is 1.85 bits per heavy atom. The molecule has 1 aliphatic carbocycles. The number of nitrogens with zero attached hydrogens (tertiary/aromatic N) is 2. The van der Waals surface area contributed by atoms with Gasteiger partial charge in [-0.05, 0) is 26.0 Å². The molecule has 1 heterocycles. The summed E-state index contributed by atoms with van der Waals surface area (Å²) in [4.78, 5) is 19.7. The monoisotopic (exact) mass is 426 g/mol. The average molecular weight is 427 g/mol. The molecule has 148 valence electrons. The first kappa shape index (κ1) is 21.1. The van der Waals surface area contributed by atoms with Gasteiger partial charge in [0.25, 0.3) is 0 Å². The number of urea groups is 1. The van der Waals surface area contributed by atoms with Crippen molar-refractivity contribution in [1.29, 1.82) is 0 Å². The summed E-state index contributed by atoms with van der Waals surface area (Å²) in [6.07, 6.45) is -1.37. The molecule has 0 radical (unpaired) electrons. The van der Waals surface area contributed by atoms with Gasteiger partial charge >= 0.3 is 12.4 Å². The predicted molar refractivity (Wildman–Crippen MR) is 90.4 cm³/mol. The van der Waals surface area contributed by atoms with Crippen molar-refractivity contribution in [3.63, 3.8) is 0 Å². The fraction of sp³-hybridized carbons (Fsp3) is 0.357. The lowest BCUT2D eigenvalue weighted by atomic mass is 10.1. The third kappa shape index (κ3) is 5.65. The molecular formula is C14H14ClF3N4O4S. The first-order chi connectivity index (χ1) is 12.3. The number of carbonyl (C=O) groups excluding carboxylic acids is 1. The summed E-state index contributed by atoms with van der Waals surface area (Å²) in [5, 5.41) is -2.73. The molecule has 2 amide bonds. The van der Waals surface area contributed by atoms with Crippen molar-refractivity contribution >= 4 is 33.6 Å². The number of hydrogen-bond acceptors (Lipinski definition) is 6. The Morgan fingerprint density at radius 3 is 2.41 bits per heavy atom. The van der Waals surface area contributed by atoms with E-state index >= 15 is 0 Å². The van der Waals surface area contributed by atoms with Gasteiger partial charge in [-0.25, -0.2) is 27.9 Å². The normalized spacial score (nSPS) is 22.5. The zero-order chi connectivity index (χ0) is 20.5. The molecule has 2 rings (SSSR count). The molecular weight excluding hydrogens is 413 g/mol. The van der Waals surface area contributed by atoms with E-state index in [-0.39, 0.29) is 5.95 Å². The van der Waals surface area contributed by atoms with Gasteiger partial charge in [-0.3, -0.25) is 10.1 Å². The number of carbonyl (C=O) groups is 1. The maximum absolute atomic E-state index is 12.6. The zero-order valence-corrected chi connectivity index (χ0v) is 15.5. The van der Waals surface area contributed by atoms with Crippen LogP contribution >= 0.6 is 11.6 Å². The molecule has 1 aromatic heterocycles. The van der Waals surface area contributed by atoms with E-state index in [4.69, 9.17) is 11.6 Å². The summed E-state index contributed by atoms with van der Waals surface area (Å²) >= 11 is 5.74. The minimum absolute atomic E-state index is 0.178. The Morgan fingerprint density at radius 1 is 1.26 bits per heavy atom. The SMILES string of the molecule is Cc1cc(C)nc(NC(=O)NS(=O)(=O)C2C=CC=CC2(Cl)OC(F)(F)F)n1. The molecule has 2 unspecified atom stereocenters. The average Bonchev–Trinajstić information content (AvgIpc) is 2.42. The molecule has 0 saturated carbocycles. The van der Waals surface area contributed by atoms with Crippen LogP contribution < -0.4 is 10.0 Å². The Kier molecular flexibility index (Phi) is 5.82. The van der Waals surface area contributed by atoms with Crippen LogP contribution in [0.4, 0.5) is 23.9 Å². The van der Waals surface area contributed by atoms with E-state index in [9.17, 15) is 26.4 Å². The van der Waals surface area contributed by atoms with Crippen LogP contribution in [0.5, 0.6) is 0 Å². The molecule has 0 saturated heterocycles. The number of allylic oxidation sites excluding steroid dienone is 2. The molecule has 8 nitrogen and oxygen atoms in total. The van der Waals surface area contributed by atoms with Gasteiger partial charge in [0.1, 0.15) is 5.25 Å². The molecule has 2 atom stereocenters. The predicted octanol–water partition coefficient (Wildman–Crippen LogP) is 2.51.